The van der Waals surface area contributed by atoms with E-state index in [1.54, 1.807) is 0 Å². The van der Waals surface area contributed by atoms with E-state index in [-0.39, 0.29) is 6.10 Å². The third-order valence-corrected chi connectivity index (χ3v) is 2.48. The van der Waals surface area contributed by atoms with Gasteiger partial charge >= 0.3 is 0 Å². The molecule has 0 N–H and O–H groups in total. The van der Waals surface area contributed by atoms with Crippen molar-refractivity contribution in [3.05, 3.63) is 48.5 Å². The second-order valence-electron chi connectivity index (χ2n) is 4.07. The van der Waals surface area contributed by atoms with E-state index < -0.39 is 0 Å². The van der Waals surface area contributed by atoms with E-state index in [1.807, 2.05) is 38.1 Å². The molecule has 0 aliphatic rings. The highest BCUT2D eigenvalue weighted by Gasteiger charge is 2.06. The molecule has 1 nitrogen and oxygen atoms in total. The van der Waals surface area contributed by atoms with Gasteiger partial charge in [0.05, 0.1) is 6.10 Å². The average Bonchev–Trinajstić information content (AvgIpc) is 2.28. The van der Waals surface area contributed by atoms with Gasteiger partial charge in [-0.1, -0.05) is 43.0 Å². The average molecular weight is 212 g/mol. The molecule has 0 fully saturated rings. The maximum Gasteiger partial charge on any atom is 0.128 e. The molecule has 0 radical (unpaired) electrons. The van der Waals surface area contributed by atoms with Crippen molar-refractivity contribution in [2.24, 2.45) is 0 Å². The third-order valence-electron chi connectivity index (χ3n) is 2.48. The number of hydrogen-bond donors (Lipinski definition) is 0. The smallest absolute Gasteiger partial charge is 0.128 e. The Balaban J connectivity index is 2.68. The van der Waals surface area contributed by atoms with Crippen molar-refractivity contribution in [3.63, 3.8) is 0 Å². The molecule has 16 heavy (non-hydrogen) atoms. The van der Waals surface area contributed by atoms with Gasteiger partial charge in [0.2, 0.25) is 0 Å². The topological polar surface area (TPSA) is 9.23 Å². The van der Waals surface area contributed by atoms with Crippen LogP contribution < -0.4 is 4.74 Å². The van der Waals surface area contributed by atoms with Crippen LogP contribution in [-0.4, -0.2) is 6.10 Å². The largest absolute Gasteiger partial charge is 0.490 e. The molecule has 0 spiro atoms. The standard InChI is InChI=1S/C15H16O/c1-4-12-7-5-8-13-9-6-10-14(15(12)13)16-11(2)3/h4-11H,1H2,2-3H3. The Kier molecular flexibility index (Phi) is 2.95. The number of hydrogen-bond acceptors (Lipinski definition) is 1. The first-order chi connectivity index (χ1) is 7.72. The van der Waals surface area contributed by atoms with Crippen molar-refractivity contribution in [2.75, 3.05) is 0 Å². The number of benzene rings is 2. The molecule has 82 valence electrons. The van der Waals surface area contributed by atoms with Gasteiger partial charge in [-0.2, -0.15) is 0 Å². The van der Waals surface area contributed by atoms with Crippen LogP contribution in [0.3, 0.4) is 0 Å². The van der Waals surface area contributed by atoms with Crippen molar-refractivity contribution in [1.29, 1.82) is 0 Å². The van der Waals surface area contributed by atoms with Gasteiger partial charge in [-0.25, -0.2) is 0 Å². The van der Waals surface area contributed by atoms with Crippen LogP contribution in [0, 0.1) is 0 Å². The van der Waals surface area contributed by atoms with Gasteiger partial charge in [0.25, 0.3) is 0 Å². The van der Waals surface area contributed by atoms with Crippen LogP contribution in [0.2, 0.25) is 0 Å². The van der Waals surface area contributed by atoms with Crippen molar-refractivity contribution in [1.82, 2.24) is 0 Å². The first-order valence-electron chi connectivity index (χ1n) is 5.53. The fourth-order valence-electron chi connectivity index (χ4n) is 1.86. The van der Waals surface area contributed by atoms with Crippen molar-refractivity contribution in [2.45, 2.75) is 20.0 Å². The molecule has 0 heterocycles. The molecule has 0 aromatic heterocycles. The summed E-state index contributed by atoms with van der Waals surface area (Å²) in [4.78, 5) is 0. The number of ether oxygens (including phenoxy) is 1. The Morgan fingerprint density at radius 2 is 1.81 bits per heavy atom. The van der Waals surface area contributed by atoms with E-state index >= 15 is 0 Å². The second-order valence-corrected chi connectivity index (χ2v) is 4.07. The minimum atomic E-state index is 0.184. The Labute approximate surface area is 96.4 Å². The van der Waals surface area contributed by atoms with E-state index in [1.165, 1.54) is 5.39 Å². The summed E-state index contributed by atoms with van der Waals surface area (Å²) < 4.78 is 5.82. The van der Waals surface area contributed by atoms with Gasteiger partial charge in [-0.15, -0.1) is 0 Å². The molecule has 0 unspecified atom stereocenters. The zero-order valence-corrected chi connectivity index (χ0v) is 9.73. The van der Waals surface area contributed by atoms with E-state index in [0.29, 0.717) is 0 Å². The first-order valence-corrected chi connectivity index (χ1v) is 5.53. The Hall–Kier alpha value is -1.76. The predicted molar refractivity (Wildman–Crippen MR) is 69.8 cm³/mol. The highest BCUT2D eigenvalue weighted by molar-refractivity contribution is 5.95. The van der Waals surface area contributed by atoms with Crippen LogP contribution in [-0.2, 0) is 0 Å². The SMILES string of the molecule is C=Cc1cccc2cccc(OC(C)C)c12. The van der Waals surface area contributed by atoms with E-state index in [0.717, 1.165) is 16.7 Å². The highest BCUT2D eigenvalue weighted by Crippen LogP contribution is 2.30. The van der Waals surface area contributed by atoms with E-state index in [9.17, 15) is 0 Å². The maximum absolute atomic E-state index is 5.82. The van der Waals surface area contributed by atoms with E-state index in [2.05, 4.69) is 24.8 Å². The van der Waals surface area contributed by atoms with Gasteiger partial charge in [-0.3, -0.25) is 0 Å². The lowest BCUT2D eigenvalue weighted by Crippen LogP contribution is -2.06. The van der Waals surface area contributed by atoms with Gasteiger partial charge in [0.15, 0.2) is 0 Å². The molecule has 0 atom stereocenters. The molecule has 2 rings (SSSR count). The fraction of sp³-hybridized carbons (Fsp3) is 0.200. The monoisotopic (exact) mass is 212 g/mol. The van der Waals surface area contributed by atoms with Crippen LogP contribution in [0.1, 0.15) is 19.4 Å². The molecular weight excluding hydrogens is 196 g/mol. The number of fused-ring (bicyclic) bond motifs is 1. The summed E-state index contributed by atoms with van der Waals surface area (Å²) in [6.45, 7) is 7.92. The van der Waals surface area contributed by atoms with E-state index in [4.69, 9.17) is 4.74 Å². The van der Waals surface area contributed by atoms with Crippen LogP contribution in [0.4, 0.5) is 0 Å². The summed E-state index contributed by atoms with van der Waals surface area (Å²) in [7, 11) is 0. The predicted octanol–water partition coefficient (Wildman–Crippen LogP) is 4.27. The summed E-state index contributed by atoms with van der Waals surface area (Å²) in [5, 5.41) is 2.34. The van der Waals surface area contributed by atoms with Gasteiger partial charge < -0.3 is 4.74 Å². The fourth-order valence-corrected chi connectivity index (χ4v) is 1.86. The van der Waals surface area contributed by atoms with Crippen LogP contribution in [0.15, 0.2) is 43.0 Å². The maximum atomic E-state index is 5.82. The van der Waals surface area contributed by atoms with Crippen LogP contribution in [0.25, 0.3) is 16.8 Å². The summed E-state index contributed by atoms with van der Waals surface area (Å²) >= 11 is 0. The lowest BCUT2D eigenvalue weighted by molar-refractivity contribution is 0.245. The zero-order valence-electron chi connectivity index (χ0n) is 9.73. The summed E-state index contributed by atoms with van der Waals surface area (Å²) in [5.41, 5.74) is 1.12. The highest BCUT2D eigenvalue weighted by atomic mass is 16.5. The van der Waals surface area contributed by atoms with Crippen LogP contribution >= 0.6 is 0 Å². The molecular formula is C15H16O. The van der Waals surface area contributed by atoms with Gasteiger partial charge in [0.1, 0.15) is 5.75 Å². The molecule has 0 aliphatic carbocycles. The molecule has 0 aliphatic heterocycles. The quantitative estimate of drug-likeness (QED) is 0.738. The molecule has 2 aromatic carbocycles. The van der Waals surface area contributed by atoms with Crippen molar-refractivity contribution >= 4 is 16.8 Å². The lowest BCUT2D eigenvalue weighted by atomic mass is 10.0. The van der Waals surface area contributed by atoms with Gasteiger partial charge in [0, 0.05) is 5.39 Å². The first kappa shape index (κ1) is 10.7. The Morgan fingerprint density at radius 1 is 1.12 bits per heavy atom. The molecule has 2 aromatic rings. The molecule has 0 amide bonds. The summed E-state index contributed by atoms with van der Waals surface area (Å²) in [6, 6.07) is 12.3. The summed E-state index contributed by atoms with van der Waals surface area (Å²) in [5.74, 6) is 0.933. The third kappa shape index (κ3) is 1.94. The van der Waals surface area contributed by atoms with Crippen molar-refractivity contribution < 1.29 is 4.74 Å². The second kappa shape index (κ2) is 4.40. The molecule has 1 heteroatoms. The Morgan fingerprint density at radius 3 is 2.44 bits per heavy atom. The minimum Gasteiger partial charge on any atom is -0.490 e. The minimum absolute atomic E-state index is 0.184. The zero-order chi connectivity index (χ0) is 11.5. The Bertz CT molecular complexity index is 507. The van der Waals surface area contributed by atoms with Crippen molar-refractivity contribution in [3.8, 4) is 5.75 Å². The molecule has 0 saturated heterocycles. The molecule has 0 bridgehead atoms. The normalized spacial score (nSPS) is 10.7. The number of rotatable bonds is 3. The lowest BCUT2D eigenvalue weighted by Gasteiger charge is -2.13. The summed E-state index contributed by atoms with van der Waals surface area (Å²) in [6.07, 6.45) is 2.05. The van der Waals surface area contributed by atoms with Crippen LogP contribution in [0.5, 0.6) is 5.75 Å². The van der Waals surface area contributed by atoms with Gasteiger partial charge in [-0.05, 0) is 30.9 Å². The molecule has 0 saturated carbocycles.